The van der Waals surface area contributed by atoms with E-state index < -0.39 is 17.7 Å². The largest absolute Gasteiger partial charge is 0.497 e. The van der Waals surface area contributed by atoms with Crippen LogP contribution >= 0.6 is 0 Å². The summed E-state index contributed by atoms with van der Waals surface area (Å²) in [6.45, 7) is 0. The van der Waals surface area contributed by atoms with Crippen LogP contribution in [-0.4, -0.2) is 33.4 Å². The molecule has 134 valence electrons. The van der Waals surface area contributed by atoms with Gasteiger partial charge in [0.1, 0.15) is 5.75 Å². The van der Waals surface area contributed by atoms with E-state index in [1.165, 1.54) is 50.6 Å². The van der Waals surface area contributed by atoms with Crippen LogP contribution in [0.1, 0.15) is 5.56 Å². The lowest BCUT2D eigenvalue weighted by molar-refractivity contribution is -0.264. The second kappa shape index (κ2) is 7.14. The van der Waals surface area contributed by atoms with Crippen molar-refractivity contribution in [3.8, 4) is 5.75 Å². The Hall–Kier alpha value is -2.54. The highest BCUT2D eigenvalue weighted by atomic mass is 19.4. The first-order valence-corrected chi connectivity index (χ1v) is 7.37. The Morgan fingerprint density at radius 1 is 0.960 bits per heavy atom. The maximum atomic E-state index is 13.9. The number of nitrogens with zero attached hydrogens (tertiary/aromatic N) is 1. The molecule has 2 aromatic rings. The zero-order chi connectivity index (χ0) is 18.7. The van der Waals surface area contributed by atoms with Gasteiger partial charge in [0.2, 0.25) is 0 Å². The van der Waals surface area contributed by atoms with Gasteiger partial charge in [0.05, 0.1) is 7.11 Å². The molecule has 1 unspecified atom stereocenters. The van der Waals surface area contributed by atoms with Crippen molar-refractivity contribution >= 4 is 11.6 Å². The highest BCUT2D eigenvalue weighted by Crippen LogP contribution is 2.43. The highest BCUT2D eigenvalue weighted by molar-refractivity contribution is 6.00. The van der Waals surface area contributed by atoms with E-state index in [9.17, 15) is 18.0 Å². The summed E-state index contributed by atoms with van der Waals surface area (Å²) < 4.78 is 51.6. The lowest BCUT2D eigenvalue weighted by Crippen LogP contribution is -2.56. The number of alkyl halides is 3. The summed E-state index contributed by atoms with van der Waals surface area (Å²) in [4.78, 5) is 13.8. The van der Waals surface area contributed by atoms with E-state index in [4.69, 9.17) is 9.47 Å². The Morgan fingerprint density at radius 3 is 1.96 bits per heavy atom. The Labute approximate surface area is 143 Å². The third kappa shape index (κ3) is 3.32. The van der Waals surface area contributed by atoms with Crippen LogP contribution in [-0.2, 0) is 15.1 Å². The summed E-state index contributed by atoms with van der Waals surface area (Å²) in [6, 6.07) is 13.0. The van der Waals surface area contributed by atoms with Gasteiger partial charge in [-0.05, 0) is 24.3 Å². The minimum absolute atomic E-state index is 0.282. The molecule has 0 spiro atoms. The number of hydrogen-bond donors (Lipinski definition) is 0. The van der Waals surface area contributed by atoms with Crippen molar-refractivity contribution < 1.29 is 27.4 Å². The first kappa shape index (κ1) is 18.8. The molecule has 0 aliphatic rings. The molecule has 0 heterocycles. The Bertz CT molecular complexity index is 717. The van der Waals surface area contributed by atoms with E-state index in [2.05, 4.69) is 0 Å². The number of methoxy groups -OCH3 is 2. The maximum absolute atomic E-state index is 13.9. The molecular weight excluding hydrogens is 335 g/mol. The molecule has 1 amide bonds. The number of carbonyl (C=O) groups is 1. The molecular formula is C18H18F3NO3. The maximum Gasteiger partial charge on any atom is 0.430 e. The molecule has 0 saturated heterocycles. The van der Waals surface area contributed by atoms with Crippen molar-refractivity contribution in [1.82, 2.24) is 0 Å². The summed E-state index contributed by atoms with van der Waals surface area (Å²) in [6.07, 6.45) is -4.94. The lowest BCUT2D eigenvalue weighted by atomic mass is 9.91. The van der Waals surface area contributed by atoms with Crippen LogP contribution in [0, 0.1) is 0 Å². The normalized spacial score (nSPS) is 13.8. The van der Waals surface area contributed by atoms with E-state index in [1.807, 2.05) is 0 Å². The van der Waals surface area contributed by atoms with E-state index in [-0.39, 0.29) is 11.3 Å². The molecule has 0 fully saturated rings. The van der Waals surface area contributed by atoms with Crippen molar-refractivity contribution in [2.75, 3.05) is 26.2 Å². The van der Waals surface area contributed by atoms with Gasteiger partial charge in [-0.25, -0.2) is 0 Å². The molecule has 7 heteroatoms. The second-order valence-corrected chi connectivity index (χ2v) is 5.31. The molecule has 0 aromatic heterocycles. The van der Waals surface area contributed by atoms with Gasteiger partial charge in [0.25, 0.3) is 11.5 Å². The van der Waals surface area contributed by atoms with Crippen LogP contribution in [0.25, 0.3) is 0 Å². The minimum Gasteiger partial charge on any atom is -0.497 e. The van der Waals surface area contributed by atoms with E-state index in [1.54, 1.807) is 18.2 Å². The molecule has 25 heavy (non-hydrogen) atoms. The molecule has 0 radical (unpaired) electrons. The smallest absolute Gasteiger partial charge is 0.430 e. The number of halogens is 3. The number of rotatable bonds is 5. The first-order chi connectivity index (χ1) is 11.8. The first-order valence-electron chi connectivity index (χ1n) is 7.37. The van der Waals surface area contributed by atoms with Gasteiger partial charge >= 0.3 is 6.18 Å². The summed E-state index contributed by atoms with van der Waals surface area (Å²) in [7, 11) is 3.62. The molecule has 4 nitrogen and oxygen atoms in total. The highest BCUT2D eigenvalue weighted by Gasteiger charge is 2.63. The van der Waals surface area contributed by atoms with Gasteiger partial charge in [-0.3, -0.25) is 4.79 Å². The van der Waals surface area contributed by atoms with Crippen LogP contribution in [0.5, 0.6) is 5.75 Å². The Balaban J connectivity index is 2.51. The lowest BCUT2D eigenvalue weighted by Gasteiger charge is -2.36. The van der Waals surface area contributed by atoms with Crippen LogP contribution in [0.3, 0.4) is 0 Å². The van der Waals surface area contributed by atoms with Crippen molar-refractivity contribution in [3.05, 3.63) is 60.2 Å². The Kier molecular flexibility index (Phi) is 5.37. The van der Waals surface area contributed by atoms with Crippen LogP contribution in [0.4, 0.5) is 18.9 Å². The van der Waals surface area contributed by atoms with Gasteiger partial charge in [-0.1, -0.05) is 30.3 Å². The fourth-order valence-corrected chi connectivity index (χ4v) is 2.56. The monoisotopic (exact) mass is 353 g/mol. The number of likely N-dealkylation sites (N-methyl/N-ethyl adjacent to an activating group) is 1. The molecule has 0 saturated carbocycles. The molecule has 2 rings (SSSR count). The molecule has 1 atom stereocenters. The predicted octanol–water partition coefficient (Wildman–Crippen LogP) is 3.76. The zero-order valence-corrected chi connectivity index (χ0v) is 14.0. The second-order valence-electron chi connectivity index (χ2n) is 5.31. The third-order valence-electron chi connectivity index (χ3n) is 3.95. The quantitative estimate of drug-likeness (QED) is 0.822. The number of ether oxygens (including phenoxy) is 2. The topological polar surface area (TPSA) is 38.8 Å². The average Bonchev–Trinajstić information content (AvgIpc) is 2.62. The Morgan fingerprint density at radius 2 is 1.52 bits per heavy atom. The SMILES string of the molecule is COc1ccc(N(C)C(=O)C(OC)(c2ccccc2)C(F)(F)F)cc1. The molecule has 0 aliphatic carbocycles. The molecule has 0 N–H and O–H groups in total. The number of amides is 1. The van der Waals surface area contributed by atoms with Crippen molar-refractivity contribution in [3.63, 3.8) is 0 Å². The number of hydrogen-bond acceptors (Lipinski definition) is 3. The fourth-order valence-electron chi connectivity index (χ4n) is 2.56. The van der Waals surface area contributed by atoms with Crippen molar-refractivity contribution in [1.29, 1.82) is 0 Å². The van der Waals surface area contributed by atoms with E-state index >= 15 is 0 Å². The summed E-state index contributed by atoms with van der Waals surface area (Å²) in [5.41, 5.74) is -3.09. The standard InChI is InChI=1S/C18H18F3NO3/c1-22(14-9-11-15(24-2)12-10-14)16(23)17(25-3,18(19,20)21)13-7-5-4-6-8-13/h4-12H,1-3H3. The minimum atomic E-state index is -4.94. The van der Waals surface area contributed by atoms with Gasteiger partial charge in [0, 0.05) is 25.4 Å². The average molecular weight is 353 g/mol. The summed E-state index contributed by atoms with van der Waals surface area (Å²) >= 11 is 0. The summed E-state index contributed by atoms with van der Waals surface area (Å²) in [5.74, 6) is -0.708. The van der Waals surface area contributed by atoms with Gasteiger partial charge < -0.3 is 14.4 Å². The van der Waals surface area contributed by atoms with Gasteiger partial charge in [0.15, 0.2) is 0 Å². The molecule has 0 aliphatic heterocycles. The fraction of sp³-hybridized carbons (Fsp3) is 0.278. The third-order valence-corrected chi connectivity index (χ3v) is 3.95. The van der Waals surface area contributed by atoms with Crippen LogP contribution < -0.4 is 9.64 Å². The van der Waals surface area contributed by atoms with Crippen LogP contribution in [0.2, 0.25) is 0 Å². The van der Waals surface area contributed by atoms with E-state index in [0.29, 0.717) is 5.75 Å². The number of carbonyl (C=O) groups excluding carboxylic acids is 1. The number of benzene rings is 2. The van der Waals surface area contributed by atoms with Gasteiger partial charge in [-0.2, -0.15) is 13.2 Å². The predicted molar refractivity (Wildman–Crippen MR) is 87.6 cm³/mol. The molecule has 0 bridgehead atoms. The number of anilines is 1. The van der Waals surface area contributed by atoms with Crippen molar-refractivity contribution in [2.24, 2.45) is 0 Å². The van der Waals surface area contributed by atoms with Gasteiger partial charge in [-0.15, -0.1) is 0 Å². The summed E-state index contributed by atoms with van der Waals surface area (Å²) in [5, 5.41) is 0. The van der Waals surface area contributed by atoms with Crippen molar-refractivity contribution in [2.45, 2.75) is 11.8 Å². The van der Waals surface area contributed by atoms with E-state index in [0.717, 1.165) is 12.0 Å². The van der Waals surface area contributed by atoms with Crippen LogP contribution in [0.15, 0.2) is 54.6 Å². The molecule has 2 aromatic carbocycles. The zero-order valence-electron chi connectivity index (χ0n) is 14.0.